The maximum atomic E-state index is 12.2. The summed E-state index contributed by atoms with van der Waals surface area (Å²) in [7, 11) is 0. The molecule has 1 aromatic heterocycles. The standard InChI is InChI=1S/C17H19N5O5/c1-2-3-8-21-16(24)14(15(23)18-17(21)25)13-9-12(19-20-13)10-4-6-11(7-5-10)22(26)27/h4-7,12,19,24H,2-3,8-9H2,1H3,(H,18,23,25)/t12-/m0/s1. The van der Waals surface area contributed by atoms with Gasteiger partial charge in [-0.3, -0.25) is 24.5 Å². The molecule has 0 saturated heterocycles. The van der Waals surface area contributed by atoms with Crippen LogP contribution in [-0.4, -0.2) is 25.3 Å². The Bertz CT molecular complexity index is 1010. The average molecular weight is 373 g/mol. The topological polar surface area (TPSA) is 143 Å². The predicted octanol–water partition coefficient (Wildman–Crippen LogP) is 1.39. The van der Waals surface area contributed by atoms with Crippen molar-refractivity contribution in [3.8, 4) is 5.88 Å². The Morgan fingerprint density at radius 2 is 2.04 bits per heavy atom. The molecule has 0 spiro atoms. The van der Waals surface area contributed by atoms with Gasteiger partial charge in [0.05, 0.1) is 16.7 Å². The number of nitrogens with one attached hydrogen (secondary N) is 2. The second-order valence-electron chi connectivity index (χ2n) is 6.26. The Labute approximate surface area is 153 Å². The third-order valence-corrected chi connectivity index (χ3v) is 4.45. The first kappa shape index (κ1) is 18.4. The van der Waals surface area contributed by atoms with E-state index in [4.69, 9.17) is 0 Å². The summed E-state index contributed by atoms with van der Waals surface area (Å²) < 4.78 is 1.13. The molecule has 0 amide bonds. The number of nitrogens with zero attached hydrogens (tertiary/aromatic N) is 3. The summed E-state index contributed by atoms with van der Waals surface area (Å²) in [5, 5.41) is 25.3. The van der Waals surface area contributed by atoms with Crippen LogP contribution in [0.3, 0.4) is 0 Å². The molecule has 0 saturated carbocycles. The minimum Gasteiger partial charge on any atom is -0.494 e. The molecule has 2 aromatic rings. The Hall–Kier alpha value is -3.43. The molecule has 10 nitrogen and oxygen atoms in total. The Balaban J connectivity index is 1.87. The Morgan fingerprint density at radius 3 is 2.67 bits per heavy atom. The van der Waals surface area contributed by atoms with Gasteiger partial charge in [0.15, 0.2) is 0 Å². The summed E-state index contributed by atoms with van der Waals surface area (Å²) in [5.41, 5.74) is 2.53. The van der Waals surface area contributed by atoms with Gasteiger partial charge in [-0.1, -0.05) is 25.5 Å². The van der Waals surface area contributed by atoms with Gasteiger partial charge in [0.2, 0.25) is 5.88 Å². The zero-order valence-electron chi connectivity index (χ0n) is 14.6. The van der Waals surface area contributed by atoms with Crippen LogP contribution in [-0.2, 0) is 6.54 Å². The number of unbranched alkanes of at least 4 members (excludes halogenated alkanes) is 1. The van der Waals surface area contributed by atoms with Gasteiger partial charge in [0.1, 0.15) is 5.56 Å². The van der Waals surface area contributed by atoms with Crippen LogP contribution >= 0.6 is 0 Å². The van der Waals surface area contributed by atoms with Crippen molar-refractivity contribution in [1.82, 2.24) is 15.0 Å². The Morgan fingerprint density at radius 1 is 1.33 bits per heavy atom. The van der Waals surface area contributed by atoms with E-state index in [1.165, 1.54) is 12.1 Å². The number of benzene rings is 1. The van der Waals surface area contributed by atoms with Crippen LogP contribution in [0.15, 0.2) is 39.0 Å². The summed E-state index contributed by atoms with van der Waals surface area (Å²) in [6.07, 6.45) is 1.79. The number of hydrogen-bond donors (Lipinski definition) is 3. The maximum Gasteiger partial charge on any atom is 0.331 e. The highest BCUT2D eigenvalue weighted by Crippen LogP contribution is 2.27. The average Bonchev–Trinajstić information content (AvgIpc) is 3.11. The molecule has 3 N–H and O–H groups in total. The van der Waals surface area contributed by atoms with Crippen molar-refractivity contribution in [2.45, 2.75) is 38.8 Å². The first-order valence-electron chi connectivity index (χ1n) is 8.55. The highest BCUT2D eigenvalue weighted by Gasteiger charge is 2.27. The third-order valence-electron chi connectivity index (χ3n) is 4.45. The van der Waals surface area contributed by atoms with Crippen molar-refractivity contribution in [2.24, 2.45) is 5.10 Å². The van der Waals surface area contributed by atoms with Crippen LogP contribution in [0.2, 0.25) is 0 Å². The molecule has 10 heteroatoms. The van der Waals surface area contributed by atoms with Crippen LogP contribution in [0.5, 0.6) is 5.88 Å². The van der Waals surface area contributed by atoms with Gasteiger partial charge in [-0.25, -0.2) is 4.79 Å². The third kappa shape index (κ3) is 3.59. The van der Waals surface area contributed by atoms with Gasteiger partial charge in [0.25, 0.3) is 11.2 Å². The van der Waals surface area contributed by atoms with E-state index in [0.717, 1.165) is 16.6 Å². The number of aromatic nitrogens is 2. The normalized spacial score (nSPS) is 16.0. The number of nitro benzene ring substituents is 1. The molecule has 1 aromatic carbocycles. The molecule has 3 rings (SSSR count). The van der Waals surface area contributed by atoms with Crippen LogP contribution in [0.25, 0.3) is 0 Å². The summed E-state index contributed by atoms with van der Waals surface area (Å²) >= 11 is 0. The quantitative estimate of drug-likeness (QED) is 0.516. The molecular formula is C17H19N5O5. The number of aromatic hydroxyl groups is 1. The molecule has 142 valence electrons. The molecule has 27 heavy (non-hydrogen) atoms. The summed E-state index contributed by atoms with van der Waals surface area (Å²) in [4.78, 5) is 36.7. The lowest BCUT2D eigenvalue weighted by molar-refractivity contribution is -0.384. The fourth-order valence-electron chi connectivity index (χ4n) is 2.96. The molecule has 1 aliphatic heterocycles. The Kier molecular flexibility index (Phi) is 5.06. The van der Waals surface area contributed by atoms with Crippen molar-refractivity contribution in [3.63, 3.8) is 0 Å². The molecule has 0 aliphatic carbocycles. The minimum atomic E-state index is -0.699. The molecule has 1 atom stereocenters. The zero-order valence-corrected chi connectivity index (χ0v) is 14.6. The molecular weight excluding hydrogens is 354 g/mol. The number of non-ortho nitro benzene ring substituents is 1. The van der Waals surface area contributed by atoms with Crippen molar-refractivity contribution >= 4 is 11.4 Å². The zero-order chi connectivity index (χ0) is 19.6. The first-order valence-corrected chi connectivity index (χ1v) is 8.55. The van der Waals surface area contributed by atoms with E-state index in [9.17, 15) is 24.8 Å². The molecule has 0 bridgehead atoms. The van der Waals surface area contributed by atoms with Crippen LogP contribution in [0.4, 0.5) is 5.69 Å². The SMILES string of the molecule is CCCCn1c(O)c(C2=NN[C@H](c3ccc([N+](=O)[O-])cc3)C2)c(=O)[nH]c1=O. The second-order valence-corrected chi connectivity index (χ2v) is 6.26. The summed E-state index contributed by atoms with van der Waals surface area (Å²) in [6.45, 7) is 2.24. The second kappa shape index (κ2) is 7.44. The monoisotopic (exact) mass is 373 g/mol. The number of H-pyrrole nitrogens is 1. The van der Waals surface area contributed by atoms with Gasteiger partial charge >= 0.3 is 5.69 Å². The van der Waals surface area contributed by atoms with Crippen LogP contribution in [0.1, 0.15) is 43.4 Å². The first-order chi connectivity index (χ1) is 12.9. The van der Waals surface area contributed by atoms with E-state index < -0.39 is 22.1 Å². The predicted molar refractivity (Wildman–Crippen MR) is 98.0 cm³/mol. The van der Waals surface area contributed by atoms with Gasteiger partial charge in [-0.05, 0) is 12.0 Å². The smallest absolute Gasteiger partial charge is 0.331 e. The van der Waals surface area contributed by atoms with Crippen molar-refractivity contribution in [2.75, 3.05) is 0 Å². The fourth-order valence-corrected chi connectivity index (χ4v) is 2.96. The van der Waals surface area contributed by atoms with Gasteiger partial charge < -0.3 is 10.5 Å². The lowest BCUT2D eigenvalue weighted by atomic mass is 10.00. The van der Waals surface area contributed by atoms with E-state index in [-0.39, 0.29) is 23.8 Å². The van der Waals surface area contributed by atoms with Crippen molar-refractivity contribution in [1.29, 1.82) is 0 Å². The molecule has 0 fully saturated rings. The number of aromatic amines is 1. The number of hydrogen-bond acceptors (Lipinski definition) is 7. The van der Waals surface area contributed by atoms with Crippen LogP contribution in [0, 0.1) is 10.1 Å². The van der Waals surface area contributed by atoms with Crippen LogP contribution < -0.4 is 16.7 Å². The van der Waals surface area contributed by atoms with Gasteiger partial charge in [0, 0.05) is 25.1 Å². The fraction of sp³-hybridized carbons (Fsp3) is 0.353. The van der Waals surface area contributed by atoms with E-state index >= 15 is 0 Å². The van der Waals surface area contributed by atoms with E-state index in [1.807, 2.05) is 6.92 Å². The largest absolute Gasteiger partial charge is 0.494 e. The number of rotatable bonds is 6. The highest BCUT2D eigenvalue weighted by atomic mass is 16.6. The van der Waals surface area contributed by atoms with Crippen molar-refractivity contribution in [3.05, 3.63) is 66.3 Å². The molecule has 0 radical (unpaired) electrons. The summed E-state index contributed by atoms with van der Waals surface area (Å²) in [5.74, 6) is -0.401. The van der Waals surface area contributed by atoms with Gasteiger partial charge in [-0.15, -0.1) is 0 Å². The van der Waals surface area contributed by atoms with Crippen molar-refractivity contribution < 1.29 is 10.0 Å². The lowest BCUT2D eigenvalue weighted by Gasteiger charge is -2.11. The van der Waals surface area contributed by atoms with E-state index in [0.29, 0.717) is 18.6 Å². The minimum absolute atomic E-state index is 0.0185. The number of hydrazone groups is 1. The molecule has 1 aliphatic rings. The number of nitro groups is 1. The molecule has 0 unspecified atom stereocenters. The molecule has 2 heterocycles. The van der Waals surface area contributed by atoms with E-state index in [1.54, 1.807) is 12.1 Å². The highest BCUT2D eigenvalue weighted by molar-refractivity contribution is 6.03. The lowest BCUT2D eigenvalue weighted by Crippen LogP contribution is -2.33. The van der Waals surface area contributed by atoms with E-state index in [2.05, 4.69) is 15.5 Å². The maximum absolute atomic E-state index is 12.2. The summed E-state index contributed by atoms with van der Waals surface area (Å²) in [6, 6.07) is 5.71. The van der Waals surface area contributed by atoms with Gasteiger partial charge in [-0.2, -0.15) is 5.10 Å².